The number of hydrogen-bond donors (Lipinski definition) is 1. The van der Waals surface area contributed by atoms with Crippen molar-refractivity contribution >= 4 is 22.8 Å². The van der Waals surface area contributed by atoms with E-state index >= 15 is 0 Å². The van der Waals surface area contributed by atoms with Crippen LogP contribution < -0.4 is 4.74 Å². The second-order valence-corrected chi connectivity index (χ2v) is 10.6. The smallest absolute Gasteiger partial charge is 0.335 e. The van der Waals surface area contributed by atoms with Crippen molar-refractivity contribution in [1.82, 2.24) is 9.47 Å². The molecule has 0 bridgehead atoms. The summed E-state index contributed by atoms with van der Waals surface area (Å²) in [6, 6.07) is 11.7. The number of fused-ring (bicyclic) bond motifs is 5. The number of hydrogen-bond acceptors (Lipinski definition) is 4. The predicted molar refractivity (Wildman–Crippen MR) is 141 cm³/mol. The van der Waals surface area contributed by atoms with Gasteiger partial charge in [-0.2, -0.15) is 0 Å². The molecule has 1 unspecified atom stereocenters. The van der Waals surface area contributed by atoms with Gasteiger partial charge < -0.3 is 24.0 Å². The van der Waals surface area contributed by atoms with Gasteiger partial charge in [-0.05, 0) is 66.6 Å². The van der Waals surface area contributed by atoms with E-state index in [9.17, 15) is 14.7 Å². The molecule has 1 saturated heterocycles. The number of methoxy groups -OCH3 is 1. The van der Waals surface area contributed by atoms with Crippen LogP contribution in [0.2, 0.25) is 0 Å². The number of rotatable bonds is 4. The number of carboxylic acid groups (broad SMARTS) is 1. The highest BCUT2D eigenvalue weighted by atomic mass is 16.5. The molecule has 3 heterocycles. The van der Waals surface area contributed by atoms with Crippen molar-refractivity contribution < 1.29 is 24.2 Å². The van der Waals surface area contributed by atoms with Crippen LogP contribution in [0.15, 0.2) is 36.4 Å². The molecule has 6 rings (SSSR count). The fraction of sp³-hybridized carbons (Fsp3) is 0.467. The Labute approximate surface area is 217 Å². The van der Waals surface area contributed by atoms with Crippen LogP contribution in [0.1, 0.15) is 59.5 Å². The molecule has 1 aliphatic carbocycles. The van der Waals surface area contributed by atoms with E-state index in [2.05, 4.69) is 16.7 Å². The lowest BCUT2D eigenvalue weighted by molar-refractivity contribution is -0.140. The maximum atomic E-state index is 13.8. The van der Waals surface area contributed by atoms with Gasteiger partial charge in [-0.25, -0.2) is 4.79 Å². The van der Waals surface area contributed by atoms with E-state index < -0.39 is 5.97 Å². The number of aromatic carboxylic acids is 1. The Morgan fingerprint density at radius 1 is 1.03 bits per heavy atom. The van der Waals surface area contributed by atoms with Crippen molar-refractivity contribution in [2.45, 2.75) is 51.0 Å². The summed E-state index contributed by atoms with van der Waals surface area (Å²) in [5.41, 5.74) is 5.91. The van der Waals surface area contributed by atoms with Crippen LogP contribution >= 0.6 is 0 Å². The molecular formula is C30H34N2O5. The van der Waals surface area contributed by atoms with Crippen molar-refractivity contribution in [2.24, 2.45) is 5.92 Å². The maximum Gasteiger partial charge on any atom is 0.335 e. The van der Waals surface area contributed by atoms with Crippen LogP contribution in [-0.4, -0.2) is 59.9 Å². The van der Waals surface area contributed by atoms with Crippen LogP contribution in [0.3, 0.4) is 0 Å². The number of morpholine rings is 1. The highest BCUT2D eigenvalue weighted by Crippen LogP contribution is 2.47. The normalized spacial score (nSPS) is 20.2. The fourth-order valence-corrected chi connectivity index (χ4v) is 6.65. The molecular weight excluding hydrogens is 468 g/mol. The monoisotopic (exact) mass is 502 g/mol. The maximum absolute atomic E-state index is 13.8. The first kappa shape index (κ1) is 24.0. The van der Waals surface area contributed by atoms with Crippen LogP contribution in [0, 0.1) is 5.92 Å². The Balaban J connectivity index is 1.58. The lowest BCUT2D eigenvalue weighted by atomic mass is 9.81. The molecule has 1 amide bonds. The molecule has 1 N–H and O–H groups in total. The minimum absolute atomic E-state index is 0.139. The summed E-state index contributed by atoms with van der Waals surface area (Å²) in [7, 11) is 1.67. The van der Waals surface area contributed by atoms with Crippen LogP contribution in [0.4, 0.5) is 0 Å². The third kappa shape index (κ3) is 4.29. The molecule has 2 fully saturated rings. The number of carbonyl (C=O) groups excluding carboxylic acids is 1. The van der Waals surface area contributed by atoms with Gasteiger partial charge in [0.05, 0.1) is 37.5 Å². The minimum Gasteiger partial charge on any atom is -0.497 e. The highest BCUT2D eigenvalue weighted by molar-refractivity contribution is 5.99. The van der Waals surface area contributed by atoms with E-state index in [1.807, 2.05) is 17.0 Å². The van der Waals surface area contributed by atoms with Gasteiger partial charge in [0.2, 0.25) is 5.91 Å². The topological polar surface area (TPSA) is 81.0 Å². The van der Waals surface area contributed by atoms with E-state index in [0.717, 1.165) is 46.3 Å². The standard InChI is InChI=1S/C30H34N2O5/c1-36-23-8-10-24-21(16-23)15-22(29(33)31-11-13-37-14-12-31)18-32-26-17-20(30(34)35)7-9-25(26)27(28(24)32)19-5-3-2-4-6-19/h7-10,16-17,19,22H,2-6,11-15,18H2,1H3,(H,34,35). The Bertz CT molecular complexity index is 1350. The van der Waals surface area contributed by atoms with Gasteiger partial charge in [0.25, 0.3) is 0 Å². The van der Waals surface area contributed by atoms with E-state index in [1.54, 1.807) is 19.2 Å². The van der Waals surface area contributed by atoms with Crippen molar-refractivity contribution in [3.05, 3.63) is 53.1 Å². The molecule has 7 heteroatoms. The van der Waals surface area contributed by atoms with Crippen molar-refractivity contribution in [3.63, 3.8) is 0 Å². The average Bonchev–Trinajstić information content (AvgIpc) is 3.15. The van der Waals surface area contributed by atoms with Gasteiger partial charge in [-0.1, -0.05) is 25.3 Å². The summed E-state index contributed by atoms with van der Waals surface area (Å²) < 4.78 is 13.3. The fourth-order valence-electron chi connectivity index (χ4n) is 6.65. The third-order valence-electron chi connectivity index (χ3n) is 8.47. The lowest BCUT2D eigenvalue weighted by Crippen LogP contribution is -2.45. The zero-order valence-corrected chi connectivity index (χ0v) is 21.4. The summed E-state index contributed by atoms with van der Waals surface area (Å²) in [5.74, 6) is 0.156. The first-order valence-electron chi connectivity index (χ1n) is 13.5. The van der Waals surface area contributed by atoms with Crippen molar-refractivity contribution in [1.29, 1.82) is 0 Å². The first-order valence-corrected chi connectivity index (χ1v) is 13.5. The van der Waals surface area contributed by atoms with Gasteiger partial charge in [0.15, 0.2) is 0 Å². The Morgan fingerprint density at radius 2 is 1.81 bits per heavy atom. The van der Waals surface area contributed by atoms with E-state index in [4.69, 9.17) is 9.47 Å². The van der Waals surface area contributed by atoms with E-state index in [1.165, 1.54) is 24.8 Å². The quantitative estimate of drug-likeness (QED) is 0.537. The number of nitrogens with zero attached hydrogens (tertiary/aromatic N) is 2. The van der Waals surface area contributed by atoms with Gasteiger partial charge in [0, 0.05) is 36.1 Å². The van der Waals surface area contributed by atoms with Crippen molar-refractivity contribution in [3.8, 4) is 17.0 Å². The molecule has 2 aromatic carbocycles. The zero-order valence-electron chi connectivity index (χ0n) is 21.4. The van der Waals surface area contributed by atoms with Crippen molar-refractivity contribution in [2.75, 3.05) is 33.4 Å². The van der Waals surface area contributed by atoms with Crippen LogP contribution in [0.25, 0.3) is 22.2 Å². The van der Waals surface area contributed by atoms with Crippen LogP contribution in [0.5, 0.6) is 5.75 Å². The molecule has 1 atom stereocenters. The van der Waals surface area contributed by atoms with Gasteiger partial charge in [-0.3, -0.25) is 4.79 Å². The largest absolute Gasteiger partial charge is 0.497 e. The summed E-state index contributed by atoms with van der Waals surface area (Å²) >= 11 is 0. The number of ether oxygens (including phenoxy) is 2. The number of benzene rings is 2. The number of carbonyl (C=O) groups is 2. The third-order valence-corrected chi connectivity index (χ3v) is 8.47. The lowest BCUT2D eigenvalue weighted by Gasteiger charge is -2.30. The van der Waals surface area contributed by atoms with Gasteiger partial charge in [-0.15, -0.1) is 0 Å². The molecule has 1 aromatic heterocycles. The summed E-state index contributed by atoms with van der Waals surface area (Å²) in [4.78, 5) is 27.7. The Morgan fingerprint density at radius 3 is 2.54 bits per heavy atom. The Kier molecular flexibility index (Phi) is 6.41. The van der Waals surface area contributed by atoms with E-state index in [-0.39, 0.29) is 17.4 Å². The minimum atomic E-state index is -0.934. The Hall–Kier alpha value is -3.32. The number of aromatic nitrogens is 1. The molecule has 37 heavy (non-hydrogen) atoms. The molecule has 7 nitrogen and oxygen atoms in total. The second-order valence-electron chi connectivity index (χ2n) is 10.6. The predicted octanol–water partition coefficient (Wildman–Crippen LogP) is 5.09. The summed E-state index contributed by atoms with van der Waals surface area (Å²) in [6.45, 7) is 2.86. The van der Waals surface area contributed by atoms with Crippen LogP contribution in [-0.2, 0) is 22.5 Å². The average molecular weight is 503 g/mol. The van der Waals surface area contributed by atoms with Gasteiger partial charge >= 0.3 is 5.97 Å². The summed E-state index contributed by atoms with van der Waals surface area (Å²) in [5, 5.41) is 10.9. The zero-order chi connectivity index (χ0) is 25.5. The molecule has 3 aromatic rings. The van der Waals surface area contributed by atoms with Gasteiger partial charge in [0.1, 0.15) is 5.75 Å². The summed E-state index contributed by atoms with van der Waals surface area (Å²) in [6.07, 6.45) is 6.56. The molecule has 0 spiro atoms. The molecule has 2 aliphatic heterocycles. The molecule has 3 aliphatic rings. The number of carboxylic acids is 1. The van der Waals surface area contributed by atoms with E-state index in [0.29, 0.717) is 45.2 Å². The highest BCUT2D eigenvalue weighted by Gasteiger charge is 2.35. The molecule has 0 radical (unpaired) electrons. The molecule has 1 saturated carbocycles. The first-order chi connectivity index (χ1) is 18.0. The number of amides is 1. The SMILES string of the molecule is COc1ccc2c(c1)CC(C(=O)N1CCOCC1)Cn1c-2c(C2CCCCC2)c2ccc(C(=O)O)cc21. The molecule has 194 valence electrons. The second kappa shape index (κ2) is 9.86.